The molecule has 0 saturated carbocycles. The van der Waals surface area contributed by atoms with Crippen molar-refractivity contribution in [2.24, 2.45) is 0 Å². The maximum absolute atomic E-state index is 13.1. The minimum Gasteiger partial charge on any atom is -0.495 e. The molecule has 5 rings (SSSR count). The molecule has 1 saturated heterocycles. The first-order valence-electron chi connectivity index (χ1n) is 10.8. The average molecular weight is 499 g/mol. The average Bonchev–Trinajstić information content (AvgIpc) is 3.29. The molecule has 0 atom stereocenters. The topological polar surface area (TPSA) is 110 Å². The molecule has 1 amide bonds. The number of piperidine rings is 1. The Morgan fingerprint density at radius 2 is 1.91 bits per heavy atom. The molecular formula is C23H22N4O5S2. The molecule has 34 heavy (non-hydrogen) atoms. The molecule has 0 spiro atoms. The lowest BCUT2D eigenvalue weighted by molar-refractivity contribution is 0.103. The van der Waals surface area contributed by atoms with Crippen molar-refractivity contribution in [2.75, 3.05) is 25.5 Å². The Labute approximate surface area is 199 Å². The number of nitrogens with zero attached hydrogens (tertiary/aromatic N) is 3. The van der Waals surface area contributed by atoms with Crippen molar-refractivity contribution in [3.05, 3.63) is 63.9 Å². The molecule has 176 valence electrons. The van der Waals surface area contributed by atoms with E-state index in [0.717, 1.165) is 30.6 Å². The van der Waals surface area contributed by atoms with Crippen molar-refractivity contribution in [3.8, 4) is 5.75 Å². The van der Waals surface area contributed by atoms with Crippen LogP contribution in [0.4, 0.5) is 5.69 Å². The first kappa shape index (κ1) is 22.5. The Morgan fingerprint density at radius 1 is 1.12 bits per heavy atom. The summed E-state index contributed by atoms with van der Waals surface area (Å²) >= 11 is 1.10. The van der Waals surface area contributed by atoms with Crippen LogP contribution in [-0.2, 0) is 10.0 Å². The minimum absolute atomic E-state index is 0.0907. The smallest absolute Gasteiger partial charge is 0.266 e. The molecule has 0 radical (unpaired) electrons. The standard InChI is InChI=1S/C23H22N4O5S2/c1-32-18-9-8-15(34(30,31)26-10-4-2-5-11-26)13-17(18)24-21(28)19-14-16-22(33-19)25-20-7-3-6-12-27(20)23(16)29/h3,6-9,12-14H,2,4-5,10-11H2,1H3,(H,24,28). The second-order valence-electron chi connectivity index (χ2n) is 7.96. The Morgan fingerprint density at radius 3 is 2.68 bits per heavy atom. The molecule has 4 aromatic rings. The molecule has 1 N–H and O–H groups in total. The fourth-order valence-corrected chi connectivity index (χ4v) is 6.51. The van der Waals surface area contributed by atoms with Crippen LogP contribution in [0.3, 0.4) is 0 Å². The van der Waals surface area contributed by atoms with Gasteiger partial charge in [-0.1, -0.05) is 12.5 Å². The SMILES string of the molecule is COc1ccc(S(=O)(=O)N2CCCCC2)cc1NC(=O)c1cc2c(=O)n3ccccc3nc2s1. The minimum atomic E-state index is -3.68. The highest BCUT2D eigenvalue weighted by atomic mass is 32.2. The molecule has 0 aliphatic carbocycles. The Hall–Kier alpha value is -3.28. The van der Waals surface area contributed by atoms with Crippen LogP contribution in [-0.4, -0.2) is 48.2 Å². The van der Waals surface area contributed by atoms with Gasteiger partial charge < -0.3 is 10.1 Å². The van der Waals surface area contributed by atoms with Gasteiger partial charge in [0.05, 0.1) is 28.0 Å². The fraction of sp³-hybridized carbons (Fsp3) is 0.261. The van der Waals surface area contributed by atoms with Crippen LogP contribution in [0.5, 0.6) is 5.75 Å². The van der Waals surface area contributed by atoms with E-state index >= 15 is 0 Å². The number of pyridine rings is 1. The lowest BCUT2D eigenvalue weighted by atomic mass is 10.2. The second-order valence-corrected chi connectivity index (χ2v) is 10.9. The number of aromatic nitrogens is 2. The monoisotopic (exact) mass is 498 g/mol. The van der Waals surface area contributed by atoms with E-state index < -0.39 is 15.9 Å². The first-order valence-corrected chi connectivity index (χ1v) is 13.0. The van der Waals surface area contributed by atoms with Crippen LogP contribution in [0.2, 0.25) is 0 Å². The molecular weight excluding hydrogens is 476 g/mol. The lowest BCUT2D eigenvalue weighted by Gasteiger charge is -2.26. The van der Waals surface area contributed by atoms with Gasteiger partial charge in [0.2, 0.25) is 10.0 Å². The van der Waals surface area contributed by atoms with Crippen LogP contribution in [0, 0.1) is 0 Å². The zero-order valence-corrected chi connectivity index (χ0v) is 20.0. The van der Waals surface area contributed by atoms with E-state index in [1.54, 1.807) is 24.4 Å². The van der Waals surface area contributed by atoms with Gasteiger partial charge in [-0.3, -0.25) is 14.0 Å². The van der Waals surface area contributed by atoms with Crippen LogP contribution in [0.1, 0.15) is 28.9 Å². The predicted molar refractivity (Wildman–Crippen MR) is 130 cm³/mol. The van der Waals surface area contributed by atoms with E-state index in [9.17, 15) is 18.0 Å². The number of carbonyl (C=O) groups excluding carboxylic acids is 1. The van der Waals surface area contributed by atoms with Crippen LogP contribution in [0.25, 0.3) is 15.9 Å². The molecule has 4 heterocycles. The third-order valence-electron chi connectivity index (χ3n) is 5.81. The number of methoxy groups -OCH3 is 1. The quantitative estimate of drug-likeness (QED) is 0.452. The van der Waals surface area contributed by atoms with E-state index in [1.807, 2.05) is 0 Å². The Balaban J connectivity index is 1.49. The zero-order valence-electron chi connectivity index (χ0n) is 18.4. The van der Waals surface area contributed by atoms with Gasteiger partial charge in [-0.2, -0.15) is 4.31 Å². The van der Waals surface area contributed by atoms with Gasteiger partial charge in [0, 0.05) is 19.3 Å². The van der Waals surface area contributed by atoms with Crippen LogP contribution in [0.15, 0.2) is 58.4 Å². The molecule has 9 nitrogen and oxygen atoms in total. The van der Waals surface area contributed by atoms with Gasteiger partial charge in [0.25, 0.3) is 11.5 Å². The fourth-order valence-electron chi connectivity index (χ4n) is 4.04. The normalized spacial score (nSPS) is 15.0. The van der Waals surface area contributed by atoms with Gasteiger partial charge in [0.1, 0.15) is 16.2 Å². The molecule has 1 aromatic carbocycles. The Bertz CT molecular complexity index is 1570. The summed E-state index contributed by atoms with van der Waals surface area (Å²) in [5.74, 6) is -0.154. The largest absolute Gasteiger partial charge is 0.495 e. The van der Waals surface area contributed by atoms with E-state index in [4.69, 9.17) is 4.74 Å². The summed E-state index contributed by atoms with van der Waals surface area (Å²) in [5, 5.41) is 3.08. The van der Waals surface area contributed by atoms with Crippen LogP contribution >= 0.6 is 11.3 Å². The zero-order chi connectivity index (χ0) is 23.9. The van der Waals surface area contributed by atoms with E-state index in [0.29, 0.717) is 34.7 Å². The molecule has 1 aliphatic rings. The summed E-state index contributed by atoms with van der Waals surface area (Å²) in [5.41, 5.74) is 0.465. The van der Waals surface area contributed by atoms with Crippen molar-refractivity contribution in [3.63, 3.8) is 0 Å². The predicted octanol–water partition coefficient (Wildman–Crippen LogP) is 3.34. The summed E-state index contributed by atoms with van der Waals surface area (Å²) in [4.78, 5) is 31.2. The second kappa shape index (κ2) is 8.82. The van der Waals surface area contributed by atoms with Crippen LogP contribution < -0.4 is 15.6 Å². The van der Waals surface area contributed by atoms with Gasteiger partial charge in [-0.15, -0.1) is 11.3 Å². The number of benzene rings is 1. The number of rotatable bonds is 5. The third kappa shape index (κ3) is 3.95. The summed E-state index contributed by atoms with van der Waals surface area (Å²) in [6, 6.07) is 11.2. The molecule has 0 bridgehead atoms. The summed E-state index contributed by atoms with van der Waals surface area (Å²) in [6.45, 7) is 0.962. The number of hydrogen-bond acceptors (Lipinski definition) is 7. The number of carbonyl (C=O) groups is 1. The summed E-state index contributed by atoms with van der Waals surface area (Å²) < 4.78 is 34.4. The van der Waals surface area contributed by atoms with Gasteiger partial charge in [0.15, 0.2) is 0 Å². The number of fused-ring (bicyclic) bond motifs is 2. The molecule has 3 aromatic heterocycles. The maximum atomic E-state index is 13.1. The summed E-state index contributed by atoms with van der Waals surface area (Å²) in [7, 11) is -2.24. The first-order chi connectivity index (χ1) is 16.4. The molecule has 1 fully saturated rings. The van der Waals surface area contributed by atoms with Gasteiger partial charge in [-0.05, 0) is 49.2 Å². The van der Waals surface area contributed by atoms with Crippen molar-refractivity contribution >= 4 is 48.8 Å². The number of amides is 1. The van der Waals surface area contributed by atoms with Crippen molar-refractivity contribution in [1.82, 2.24) is 13.7 Å². The van der Waals surface area contributed by atoms with E-state index in [2.05, 4.69) is 10.3 Å². The van der Waals surface area contributed by atoms with Crippen molar-refractivity contribution in [1.29, 1.82) is 0 Å². The molecule has 11 heteroatoms. The van der Waals surface area contributed by atoms with Gasteiger partial charge in [-0.25, -0.2) is 13.4 Å². The number of nitrogens with one attached hydrogen (secondary N) is 1. The number of thiophene rings is 1. The highest BCUT2D eigenvalue weighted by Crippen LogP contribution is 2.31. The number of sulfonamides is 1. The van der Waals surface area contributed by atoms with Gasteiger partial charge >= 0.3 is 0 Å². The van der Waals surface area contributed by atoms with E-state index in [-0.39, 0.29) is 21.0 Å². The number of ether oxygens (including phenoxy) is 1. The Kier molecular flexibility index (Phi) is 5.84. The highest BCUT2D eigenvalue weighted by molar-refractivity contribution is 7.89. The van der Waals surface area contributed by atoms with Crippen molar-refractivity contribution in [2.45, 2.75) is 24.2 Å². The highest BCUT2D eigenvalue weighted by Gasteiger charge is 2.27. The lowest BCUT2D eigenvalue weighted by Crippen LogP contribution is -2.35. The van der Waals surface area contributed by atoms with Crippen molar-refractivity contribution < 1.29 is 17.9 Å². The van der Waals surface area contributed by atoms with E-state index in [1.165, 1.54) is 40.1 Å². The maximum Gasteiger partial charge on any atom is 0.266 e. The summed E-state index contributed by atoms with van der Waals surface area (Å²) in [6.07, 6.45) is 4.29. The molecule has 1 aliphatic heterocycles. The molecule has 0 unspecified atom stereocenters. The number of hydrogen-bond donors (Lipinski definition) is 1. The third-order valence-corrected chi connectivity index (χ3v) is 8.73. The number of anilines is 1.